The van der Waals surface area contributed by atoms with Gasteiger partial charge in [0.05, 0.1) is 11.4 Å². The van der Waals surface area contributed by atoms with E-state index in [-0.39, 0.29) is 30.3 Å². The Morgan fingerprint density at radius 1 is 0.902 bits per heavy atom. The van der Waals surface area contributed by atoms with Gasteiger partial charge in [0.1, 0.15) is 25.8 Å². The summed E-state index contributed by atoms with van der Waals surface area (Å²) < 4.78 is 39.0. The van der Waals surface area contributed by atoms with Crippen LogP contribution < -0.4 is 19.1 Å². The summed E-state index contributed by atoms with van der Waals surface area (Å²) >= 11 is 0. The molecule has 0 radical (unpaired) electrons. The smallest absolute Gasteiger partial charge is 0.244 e. The maximum Gasteiger partial charge on any atom is 0.244 e. The number of hydrogen-bond acceptors (Lipinski definition) is 6. The molecule has 1 aliphatic heterocycles. The molecule has 0 unspecified atom stereocenters. The molecule has 0 spiro atoms. The third kappa shape index (κ3) is 7.58. The number of benzene rings is 3. The van der Waals surface area contributed by atoms with Gasteiger partial charge >= 0.3 is 0 Å². The van der Waals surface area contributed by atoms with Crippen molar-refractivity contribution in [2.75, 3.05) is 36.4 Å². The minimum atomic E-state index is -3.87. The van der Waals surface area contributed by atoms with Crippen molar-refractivity contribution in [1.82, 2.24) is 10.2 Å². The molecular formula is C31H37N3O6S. The van der Waals surface area contributed by atoms with Crippen molar-refractivity contribution in [3.63, 3.8) is 0 Å². The minimum Gasteiger partial charge on any atom is -0.486 e. The highest BCUT2D eigenvalue weighted by Gasteiger charge is 2.33. The fourth-order valence-electron chi connectivity index (χ4n) is 4.64. The summed E-state index contributed by atoms with van der Waals surface area (Å²) in [4.78, 5) is 29.1. The molecule has 0 saturated heterocycles. The average Bonchev–Trinajstić information content (AvgIpc) is 2.98. The topological polar surface area (TPSA) is 105 Å². The molecular weight excluding hydrogens is 542 g/mol. The molecule has 1 atom stereocenters. The molecule has 0 aliphatic carbocycles. The van der Waals surface area contributed by atoms with Crippen LogP contribution in [0.3, 0.4) is 0 Å². The lowest BCUT2D eigenvalue weighted by atomic mass is 10.0. The van der Waals surface area contributed by atoms with E-state index in [4.69, 9.17) is 9.47 Å². The summed E-state index contributed by atoms with van der Waals surface area (Å²) in [5.41, 5.74) is 3.07. The van der Waals surface area contributed by atoms with E-state index >= 15 is 0 Å². The van der Waals surface area contributed by atoms with E-state index in [9.17, 15) is 18.0 Å². The molecule has 218 valence electrons. The van der Waals surface area contributed by atoms with Gasteiger partial charge in [0.15, 0.2) is 11.5 Å². The van der Waals surface area contributed by atoms with Crippen molar-refractivity contribution < 1.29 is 27.5 Å². The number of anilines is 1. The van der Waals surface area contributed by atoms with E-state index in [0.717, 1.165) is 21.0 Å². The number of hydrogen-bond donors (Lipinski definition) is 1. The monoisotopic (exact) mass is 579 g/mol. The Morgan fingerprint density at radius 2 is 1.59 bits per heavy atom. The molecule has 0 aromatic heterocycles. The van der Waals surface area contributed by atoms with E-state index < -0.39 is 28.5 Å². The van der Waals surface area contributed by atoms with Crippen molar-refractivity contribution in [3.05, 3.63) is 89.5 Å². The SMILES string of the molecule is CCNC(=O)[C@@H](Cc1ccccc1)N(Cc1ccc(C)cc1)C(=O)CN(c1ccc2c(c1)OCCO2)S(=O)(=O)CC. The molecule has 0 fully saturated rings. The molecule has 9 nitrogen and oxygen atoms in total. The molecule has 0 bridgehead atoms. The third-order valence-electron chi connectivity index (χ3n) is 6.89. The van der Waals surface area contributed by atoms with Crippen LogP contribution in [-0.2, 0) is 32.6 Å². The number of nitrogens with zero attached hydrogens (tertiary/aromatic N) is 2. The molecule has 1 aliphatic rings. The number of rotatable bonds is 12. The number of nitrogens with one attached hydrogen (secondary N) is 1. The van der Waals surface area contributed by atoms with E-state index in [1.165, 1.54) is 11.8 Å². The van der Waals surface area contributed by atoms with Gasteiger partial charge < -0.3 is 19.7 Å². The normalized spacial score (nSPS) is 13.2. The zero-order valence-corrected chi connectivity index (χ0v) is 24.5. The predicted octanol–water partition coefficient (Wildman–Crippen LogP) is 3.70. The third-order valence-corrected chi connectivity index (χ3v) is 8.63. The predicted molar refractivity (Wildman–Crippen MR) is 159 cm³/mol. The highest BCUT2D eigenvalue weighted by Crippen LogP contribution is 2.35. The first-order chi connectivity index (χ1) is 19.7. The number of sulfonamides is 1. The van der Waals surface area contributed by atoms with Crippen LogP contribution in [0.15, 0.2) is 72.8 Å². The molecule has 1 heterocycles. The zero-order chi connectivity index (χ0) is 29.4. The standard InChI is InChI=1S/C31H37N3O6S/c1-4-32-31(36)27(19-24-9-7-6-8-10-24)33(21-25-13-11-23(3)12-14-25)30(35)22-34(41(37,38)5-2)26-15-16-28-29(20-26)40-18-17-39-28/h6-16,20,27H,4-5,17-19,21-22H2,1-3H3,(H,32,36)/t27-/m1/s1. The van der Waals surface area contributed by atoms with Crippen LogP contribution in [-0.4, -0.2) is 63.2 Å². The zero-order valence-electron chi connectivity index (χ0n) is 23.7. The number of fused-ring (bicyclic) bond motifs is 1. The van der Waals surface area contributed by atoms with Crippen molar-refractivity contribution in [2.24, 2.45) is 0 Å². The number of ether oxygens (including phenoxy) is 2. The lowest BCUT2D eigenvalue weighted by Gasteiger charge is -2.34. The highest BCUT2D eigenvalue weighted by molar-refractivity contribution is 7.92. The van der Waals surface area contributed by atoms with Crippen molar-refractivity contribution >= 4 is 27.5 Å². The van der Waals surface area contributed by atoms with Crippen LogP contribution in [0.2, 0.25) is 0 Å². The molecule has 41 heavy (non-hydrogen) atoms. The summed E-state index contributed by atoms with van der Waals surface area (Å²) in [6.45, 7) is 6.11. The summed E-state index contributed by atoms with van der Waals surface area (Å²) in [6.07, 6.45) is 0.273. The summed E-state index contributed by atoms with van der Waals surface area (Å²) in [6, 6.07) is 21.1. The Hall–Kier alpha value is -4.05. The van der Waals surface area contributed by atoms with Crippen molar-refractivity contribution in [2.45, 2.75) is 39.8 Å². The minimum absolute atomic E-state index is 0.134. The second-order valence-corrected chi connectivity index (χ2v) is 12.0. The van der Waals surface area contributed by atoms with E-state index in [1.807, 2.05) is 68.4 Å². The maximum atomic E-state index is 14.2. The number of likely N-dealkylation sites (N-methyl/N-ethyl adjacent to an activating group) is 1. The second-order valence-electron chi connectivity index (χ2n) is 9.84. The van der Waals surface area contributed by atoms with Crippen LogP contribution in [0.5, 0.6) is 11.5 Å². The van der Waals surface area contributed by atoms with Crippen LogP contribution in [0.4, 0.5) is 5.69 Å². The van der Waals surface area contributed by atoms with Gasteiger partial charge in [0, 0.05) is 25.6 Å². The van der Waals surface area contributed by atoms with Gasteiger partial charge in [-0.3, -0.25) is 13.9 Å². The van der Waals surface area contributed by atoms with Crippen LogP contribution in [0.1, 0.15) is 30.5 Å². The molecule has 3 aromatic carbocycles. The van der Waals surface area contributed by atoms with Gasteiger partial charge in [0.2, 0.25) is 21.8 Å². The number of carbonyl (C=O) groups excluding carboxylic acids is 2. The maximum absolute atomic E-state index is 14.2. The van der Waals surface area contributed by atoms with Gasteiger partial charge in [-0.25, -0.2) is 8.42 Å². The van der Waals surface area contributed by atoms with Crippen LogP contribution in [0.25, 0.3) is 0 Å². The van der Waals surface area contributed by atoms with Gasteiger partial charge in [-0.05, 0) is 44.0 Å². The number of amides is 2. The lowest BCUT2D eigenvalue weighted by Crippen LogP contribution is -2.53. The highest BCUT2D eigenvalue weighted by atomic mass is 32.2. The van der Waals surface area contributed by atoms with Gasteiger partial charge in [0.25, 0.3) is 0 Å². The summed E-state index contributed by atoms with van der Waals surface area (Å²) in [5.74, 6) is -0.0828. The number of carbonyl (C=O) groups is 2. The first-order valence-electron chi connectivity index (χ1n) is 13.8. The van der Waals surface area contributed by atoms with E-state index in [1.54, 1.807) is 18.2 Å². The fraction of sp³-hybridized carbons (Fsp3) is 0.355. The Labute approximate surface area is 242 Å². The second kappa shape index (κ2) is 13.5. The largest absolute Gasteiger partial charge is 0.486 e. The van der Waals surface area contributed by atoms with Crippen LogP contribution in [0, 0.1) is 6.92 Å². The summed E-state index contributed by atoms with van der Waals surface area (Å²) in [7, 11) is -3.87. The Kier molecular flexibility index (Phi) is 9.88. The summed E-state index contributed by atoms with van der Waals surface area (Å²) in [5, 5.41) is 2.86. The molecule has 0 saturated carbocycles. The van der Waals surface area contributed by atoms with E-state index in [0.29, 0.717) is 31.3 Å². The quantitative estimate of drug-likeness (QED) is 0.351. The Bertz CT molecular complexity index is 1440. The molecule has 1 N–H and O–H groups in total. The molecule has 4 rings (SSSR count). The van der Waals surface area contributed by atoms with Gasteiger partial charge in [-0.1, -0.05) is 60.2 Å². The van der Waals surface area contributed by atoms with Crippen LogP contribution >= 0.6 is 0 Å². The lowest BCUT2D eigenvalue weighted by molar-refractivity contribution is -0.140. The Balaban J connectivity index is 1.73. The Morgan fingerprint density at radius 3 is 2.24 bits per heavy atom. The first kappa shape index (κ1) is 29.9. The first-order valence-corrected chi connectivity index (χ1v) is 15.4. The molecule has 2 amide bonds. The fourth-order valence-corrected chi connectivity index (χ4v) is 5.70. The van der Waals surface area contributed by atoms with Gasteiger partial charge in [-0.15, -0.1) is 0 Å². The molecule has 3 aromatic rings. The van der Waals surface area contributed by atoms with Crippen molar-refractivity contribution in [3.8, 4) is 11.5 Å². The average molecular weight is 580 g/mol. The number of aryl methyl sites for hydroxylation is 1. The van der Waals surface area contributed by atoms with E-state index in [2.05, 4.69) is 5.32 Å². The van der Waals surface area contributed by atoms with Gasteiger partial charge in [-0.2, -0.15) is 0 Å². The van der Waals surface area contributed by atoms with Crippen molar-refractivity contribution in [1.29, 1.82) is 0 Å². The molecule has 10 heteroatoms.